The van der Waals surface area contributed by atoms with Crippen LogP contribution >= 0.6 is 0 Å². The molecule has 136 valence electrons. The molecule has 1 aliphatic heterocycles. The fraction of sp³-hybridized carbons (Fsp3) is 0.389. The lowest BCUT2D eigenvalue weighted by Gasteiger charge is -2.24. The summed E-state index contributed by atoms with van der Waals surface area (Å²) in [6, 6.07) is 9.25. The number of carbonyl (C=O) groups is 1. The van der Waals surface area contributed by atoms with Gasteiger partial charge in [-0.2, -0.15) is 5.10 Å². The first-order valence-electron chi connectivity index (χ1n) is 8.75. The normalized spacial score (nSPS) is 18.2. The van der Waals surface area contributed by atoms with E-state index in [9.17, 15) is 9.59 Å². The molecule has 26 heavy (non-hydrogen) atoms. The number of aromatic amines is 1. The van der Waals surface area contributed by atoms with Crippen molar-refractivity contribution in [3.63, 3.8) is 0 Å². The first-order chi connectivity index (χ1) is 12.7. The van der Waals surface area contributed by atoms with E-state index >= 15 is 0 Å². The van der Waals surface area contributed by atoms with Gasteiger partial charge in [-0.25, -0.2) is 4.79 Å². The van der Waals surface area contributed by atoms with Gasteiger partial charge in [0.05, 0.1) is 23.7 Å². The Morgan fingerprint density at radius 1 is 1.31 bits per heavy atom. The number of hydrogen-bond acceptors (Lipinski definition) is 4. The third-order valence-electron chi connectivity index (χ3n) is 4.63. The first kappa shape index (κ1) is 16.6. The van der Waals surface area contributed by atoms with Crippen molar-refractivity contribution in [2.24, 2.45) is 0 Å². The molecule has 1 atom stereocenters. The second kappa shape index (κ2) is 7.17. The monoisotopic (exact) mass is 355 g/mol. The van der Waals surface area contributed by atoms with Crippen molar-refractivity contribution in [2.45, 2.75) is 25.6 Å². The highest BCUT2D eigenvalue weighted by molar-refractivity contribution is 5.80. The number of H-pyrrole nitrogens is 1. The van der Waals surface area contributed by atoms with Gasteiger partial charge in [-0.05, 0) is 24.6 Å². The third-order valence-corrected chi connectivity index (χ3v) is 4.63. The molecule has 1 fully saturated rings. The molecule has 1 aliphatic rings. The number of aromatic nitrogens is 4. The third kappa shape index (κ3) is 3.41. The Labute approximate surface area is 150 Å². The van der Waals surface area contributed by atoms with Crippen molar-refractivity contribution in [1.29, 1.82) is 0 Å². The van der Waals surface area contributed by atoms with E-state index < -0.39 is 0 Å². The van der Waals surface area contributed by atoms with Crippen molar-refractivity contribution in [1.82, 2.24) is 24.2 Å². The molecule has 4 rings (SSSR count). The van der Waals surface area contributed by atoms with E-state index in [2.05, 4.69) is 10.1 Å². The fourth-order valence-corrected chi connectivity index (χ4v) is 3.35. The zero-order valence-electron chi connectivity index (χ0n) is 14.4. The first-order valence-corrected chi connectivity index (χ1v) is 8.75. The molecule has 0 aliphatic carbocycles. The second-order valence-electron chi connectivity index (χ2n) is 6.45. The molecule has 8 nitrogen and oxygen atoms in total. The molecule has 1 amide bonds. The van der Waals surface area contributed by atoms with Gasteiger partial charge in [-0.3, -0.25) is 14.0 Å². The van der Waals surface area contributed by atoms with Gasteiger partial charge in [0.1, 0.15) is 6.54 Å². The Morgan fingerprint density at radius 2 is 2.19 bits per heavy atom. The van der Waals surface area contributed by atoms with Crippen LogP contribution in [0.15, 0.2) is 47.5 Å². The maximum absolute atomic E-state index is 12.8. The molecule has 1 saturated heterocycles. The zero-order valence-corrected chi connectivity index (χ0v) is 14.4. The molecule has 0 saturated carbocycles. The summed E-state index contributed by atoms with van der Waals surface area (Å²) < 4.78 is 9.16. The van der Waals surface area contributed by atoms with Gasteiger partial charge in [0.15, 0.2) is 0 Å². The van der Waals surface area contributed by atoms with Crippen LogP contribution in [0.2, 0.25) is 0 Å². The fourth-order valence-electron chi connectivity index (χ4n) is 3.35. The predicted molar refractivity (Wildman–Crippen MR) is 95.7 cm³/mol. The van der Waals surface area contributed by atoms with E-state index in [0.29, 0.717) is 26.2 Å². The molecule has 0 radical (unpaired) electrons. The van der Waals surface area contributed by atoms with Crippen molar-refractivity contribution in [3.05, 3.63) is 53.2 Å². The molecule has 0 bridgehead atoms. The lowest BCUT2D eigenvalue weighted by atomic mass is 10.3. The molecule has 1 N–H and O–H groups in total. The van der Waals surface area contributed by atoms with Crippen molar-refractivity contribution >= 4 is 16.9 Å². The van der Waals surface area contributed by atoms with Crippen molar-refractivity contribution < 1.29 is 9.53 Å². The topological polar surface area (TPSA) is 85.1 Å². The van der Waals surface area contributed by atoms with E-state index in [4.69, 9.17) is 4.74 Å². The maximum Gasteiger partial charge on any atom is 0.326 e. The molecule has 0 spiro atoms. The maximum atomic E-state index is 12.8. The lowest BCUT2D eigenvalue weighted by molar-refractivity contribution is -0.132. The quantitative estimate of drug-likeness (QED) is 0.752. The average Bonchev–Trinajstić information content (AvgIpc) is 3.17. The Morgan fingerprint density at radius 3 is 3.04 bits per heavy atom. The van der Waals surface area contributed by atoms with Gasteiger partial charge in [-0.1, -0.05) is 12.1 Å². The molecule has 8 heteroatoms. The zero-order chi connectivity index (χ0) is 17.9. The molecular formula is C18H21N5O3. The van der Waals surface area contributed by atoms with E-state index in [1.807, 2.05) is 41.2 Å². The van der Waals surface area contributed by atoms with Gasteiger partial charge >= 0.3 is 5.69 Å². The van der Waals surface area contributed by atoms with Crippen molar-refractivity contribution in [2.75, 3.05) is 19.7 Å². The van der Waals surface area contributed by atoms with Crippen LogP contribution in [0.4, 0.5) is 0 Å². The number of ether oxygens (including phenoxy) is 1. The van der Waals surface area contributed by atoms with Crippen LogP contribution in [0.5, 0.6) is 0 Å². The predicted octanol–water partition coefficient (Wildman–Crippen LogP) is 0.844. The minimum Gasteiger partial charge on any atom is -0.374 e. The Balaban J connectivity index is 1.49. The summed E-state index contributed by atoms with van der Waals surface area (Å²) in [6.07, 6.45) is 4.28. The number of benzene rings is 1. The molecule has 3 heterocycles. The minimum absolute atomic E-state index is 0.0251. The van der Waals surface area contributed by atoms with Crippen LogP contribution in [-0.2, 0) is 22.6 Å². The highest BCUT2D eigenvalue weighted by atomic mass is 16.5. The van der Waals surface area contributed by atoms with Crippen LogP contribution in [0.25, 0.3) is 11.0 Å². The molecule has 2 aromatic heterocycles. The Hall–Kier alpha value is -2.87. The summed E-state index contributed by atoms with van der Waals surface area (Å²) in [5, 5.41) is 4.20. The molecular weight excluding hydrogens is 334 g/mol. The summed E-state index contributed by atoms with van der Waals surface area (Å²) in [5.41, 5.74) is 1.21. The van der Waals surface area contributed by atoms with Gasteiger partial charge in [0, 0.05) is 32.1 Å². The number of nitrogens with one attached hydrogen (secondary N) is 1. The second-order valence-corrected chi connectivity index (χ2v) is 6.45. The molecule has 0 unspecified atom stereocenters. The number of carbonyl (C=O) groups excluding carboxylic acids is 1. The van der Waals surface area contributed by atoms with Gasteiger partial charge in [0.2, 0.25) is 5.91 Å². The van der Waals surface area contributed by atoms with E-state index in [1.54, 1.807) is 11.1 Å². The van der Waals surface area contributed by atoms with E-state index in [-0.39, 0.29) is 24.2 Å². The number of fused-ring (bicyclic) bond motifs is 1. The highest BCUT2D eigenvalue weighted by Gasteiger charge is 2.24. The van der Waals surface area contributed by atoms with Crippen LogP contribution in [-0.4, -0.2) is 55.9 Å². The number of para-hydroxylation sites is 2. The Kier molecular flexibility index (Phi) is 4.57. The minimum atomic E-state index is -0.265. The summed E-state index contributed by atoms with van der Waals surface area (Å²) in [5.74, 6) is -0.0761. The Bertz CT molecular complexity index is 943. The van der Waals surface area contributed by atoms with Crippen molar-refractivity contribution in [3.8, 4) is 0 Å². The summed E-state index contributed by atoms with van der Waals surface area (Å²) in [4.78, 5) is 29.6. The summed E-state index contributed by atoms with van der Waals surface area (Å²) >= 11 is 0. The average molecular weight is 355 g/mol. The lowest BCUT2D eigenvalue weighted by Crippen LogP contribution is -2.41. The van der Waals surface area contributed by atoms with E-state index in [1.165, 1.54) is 4.57 Å². The molecule has 1 aromatic carbocycles. The largest absolute Gasteiger partial charge is 0.374 e. The number of rotatable bonds is 4. The van der Waals surface area contributed by atoms with Crippen LogP contribution < -0.4 is 5.69 Å². The number of hydrogen-bond donors (Lipinski definition) is 1. The SMILES string of the molecule is O=C(Cn1c(=O)[nH]c2ccccc21)N1CCCO[C@@H](Cn2cccn2)C1. The molecule has 3 aromatic rings. The van der Waals surface area contributed by atoms with Gasteiger partial charge in [0.25, 0.3) is 0 Å². The number of nitrogens with zero attached hydrogens (tertiary/aromatic N) is 4. The van der Waals surface area contributed by atoms with Gasteiger partial charge < -0.3 is 14.6 Å². The summed E-state index contributed by atoms with van der Waals surface area (Å²) in [6.45, 7) is 2.37. The van der Waals surface area contributed by atoms with E-state index in [0.717, 1.165) is 17.5 Å². The number of imidazole rings is 1. The van der Waals surface area contributed by atoms with Gasteiger partial charge in [-0.15, -0.1) is 0 Å². The summed E-state index contributed by atoms with van der Waals surface area (Å²) in [7, 11) is 0. The van der Waals surface area contributed by atoms with Crippen LogP contribution in [0, 0.1) is 0 Å². The van der Waals surface area contributed by atoms with Crippen LogP contribution in [0.3, 0.4) is 0 Å². The van der Waals surface area contributed by atoms with Crippen LogP contribution in [0.1, 0.15) is 6.42 Å². The highest BCUT2D eigenvalue weighted by Crippen LogP contribution is 2.12. The number of amides is 1. The smallest absolute Gasteiger partial charge is 0.326 e. The standard InChI is InChI=1S/C18H21N5O3/c24-17(13-23-16-6-2-1-5-15(16)20-18(23)25)21-8-4-10-26-14(11-21)12-22-9-3-7-19-22/h1-3,5-7,9,14H,4,8,10-13H2,(H,20,25)/t14-/m1/s1.